The predicted molar refractivity (Wildman–Crippen MR) is 159 cm³/mol. The molecule has 2 N–H and O–H groups in total. The number of amides is 2. The minimum atomic E-state index is -0.145. The van der Waals surface area contributed by atoms with E-state index in [0.717, 1.165) is 28.3 Å². The molecule has 4 aromatic rings. The molecule has 34 heavy (non-hydrogen) atoms. The number of hydrogen-bond acceptors (Lipinski definition) is 4. The molecule has 4 nitrogen and oxygen atoms in total. The van der Waals surface area contributed by atoms with Crippen molar-refractivity contribution in [3.63, 3.8) is 0 Å². The first-order valence-corrected chi connectivity index (χ1v) is 14.5. The second kappa shape index (κ2) is 12.1. The molecule has 8 heteroatoms. The van der Waals surface area contributed by atoms with Crippen molar-refractivity contribution in [1.29, 1.82) is 0 Å². The van der Waals surface area contributed by atoms with Gasteiger partial charge >= 0.3 is 0 Å². The summed E-state index contributed by atoms with van der Waals surface area (Å²) in [6.45, 7) is 0. The van der Waals surface area contributed by atoms with Crippen LogP contribution in [-0.4, -0.2) is 11.8 Å². The lowest BCUT2D eigenvalue weighted by molar-refractivity contribution is 0.101. The molecular weight excluding hydrogens is 690 g/mol. The van der Waals surface area contributed by atoms with E-state index in [4.69, 9.17) is 0 Å². The van der Waals surface area contributed by atoms with Gasteiger partial charge in [-0.3, -0.25) is 9.59 Å². The zero-order valence-electron chi connectivity index (χ0n) is 17.6. The smallest absolute Gasteiger partial charge is 0.256 e. The predicted octanol–water partition coefficient (Wildman–Crippen LogP) is 8.20. The average molecular weight is 708 g/mol. The fraction of sp³-hybridized carbons (Fsp3) is 0. The fourth-order valence-electron chi connectivity index (χ4n) is 3.04. The maximum absolute atomic E-state index is 12.8. The van der Waals surface area contributed by atoms with Gasteiger partial charge < -0.3 is 10.6 Å². The molecule has 0 saturated heterocycles. The Morgan fingerprint density at radius 1 is 0.529 bits per heavy atom. The number of carbonyl (C=O) groups excluding carboxylic acids is 2. The summed E-state index contributed by atoms with van der Waals surface area (Å²) in [4.78, 5) is 27.5. The van der Waals surface area contributed by atoms with Crippen LogP contribution in [0.15, 0.2) is 107 Å². The molecular formula is C26H18I2N2O2S2. The summed E-state index contributed by atoms with van der Waals surface area (Å²) in [5.74, 6) is -0.290. The lowest BCUT2D eigenvalue weighted by Gasteiger charge is -2.13. The highest BCUT2D eigenvalue weighted by Crippen LogP contribution is 2.43. The molecule has 170 valence electrons. The molecule has 0 aliphatic heterocycles. The van der Waals surface area contributed by atoms with E-state index in [0.29, 0.717) is 11.1 Å². The van der Waals surface area contributed by atoms with E-state index in [1.165, 1.54) is 21.6 Å². The molecule has 0 radical (unpaired) electrons. The second-order valence-corrected chi connectivity index (χ2v) is 11.6. The van der Waals surface area contributed by atoms with Crippen LogP contribution in [0.5, 0.6) is 0 Å². The normalized spacial score (nSPS) is 10.5. The van der Waals surface area contributed by atoms with Gasteiger partial charge in [0.05, 0.1) is 22.5 Å². The molecule has 0 aliphatic carbocycles. The Hall–Kier alpha value is -2.02. The van der Waals surface area contributed by atoms with E-state index in [1.807, 2.05) is 97.1 Å². The van der Waals surface area contributed by atoms with Crippen LogP contribution in [0.1, 0.15) is 20.7 Å². The molecule has 4 aromatic carbocycles. The van der Waals surface area contributed by atoms with Gasteiger partial charge in [-0.25, -0.2) is 0 Å². The summed E-state index contributed by atoms with van der Waals surface area (Å²) in [5, 5.41) is 6.06. The maximum Gasteiger partial charge on any atom is 0.256 e. The summed E-state index contributed by atoms with van der Waals surface area (Å²) >= 11 is 4.33. The number of carbonyl (C=O) groups is 2. The van der Waals surface area contributed by atoms with E-state index in [1.54, 1.807) is 0 Å². The standard InChI is InChI=1S/C26H18I2N2O2S2/c27-19-11-3-1-9-17(19)25(31)29-21-13-5-7-15-23(21)33-34-24-16-8-6-14-22(24)30-26(32)18-10-2-4-12-20(18)28/h1-16H,(H,29,31)(H,30,32). The van der Waals surface area contributed by atoms with Crippen LogP contribution in [0, 0.1) is 7.14 Å². The quantitative estimate of drug-likeness (QED) is 0.150. The Morgan fingerprint density at radius 2 is 0.882 bits per heavy atom. The van der Waals surface area contributed by atoms with Gasteiger partial charge in [0.1, 0.15) is 0 Å². The summed E-state index contributed by atoms with van der Waals surface area (Å²) in [5.41, 5.74) is 2.76. The third kappa shape index (κ3) is 6.35. The van der Waals surface area contributed by atoms with Crippen LogP contribution < -0.4 is 10.6 Å². The Balaban J connectivity index is 1.49. The lowest BCUT2D eigenvalue weighted by Crippen LogP contribution is -2.14. The van der Waals surface area contributed by atoms with Crippen LogP contribution >= 0.6 is 66.8 Å². The largest absolute Gasteiger partial charge is 0.321 e. The second-order valence-electron chi connectivity index (χ2n) is 7.03. The van der Waals surface area contributed by atoms with Crippen LogP contribution in [0.3, 0.4) is 0 Å². The van der Waals surface area contributed by atoms with E-state index < -0.39 is 0 Å². The minimum Gasteiger partial charge on any atom is -0.321 e. The molecule has 0 aliphatic rings. The number of halogens is 2. The Bertz CT molecular complexity index is 1240. The monoisotopic (exact) mass is 708 g/mol. The zero-order valence-corrected chi connectivity index (χ0v) is 23.6. The molecule has 0 fully saturated rings. The summed E-state index contributed by atoms with van der Waals surface area (Å²) in [6, 6.07) is 30.4. The van der Waals surface area contributed by atoms with Crippen molar-refractivity contribution >= 4 is 90.0 Å². The Kier molecular flexibility index (Phi) is 8.92. The summed E-state index contributed by atoms with van der Waals surface area (Å²) in [6.07, 6.45) is 0. The fourth-order valence-corrected chi connectivity index (χ4v) is 6.59. The van der Waals surface area contributed by atoms with Crippen LogP contribution in [0.2, 0.25) is 0 Å². The van der Waals surface area contributed by atoms with E-state index in [9.17, 15) is 9.59 Å². The molecule has 0 spiro atoms. The van der Waals surface area contributed by atoms with Gasteiger partial charge in [-0.05, 0) is 93.7 Å². The highest BCUT2D eigenvalue weighted by molar-refractivity contribution is 14.1. The molecule has 4 rings (SSSR count). The van der Waals surface area contributed by atoms with Crippen molar-refractivity contribution in [3.8, 4) is 0 Å². The number of para-hydroxylation sites is 2. The van der Waals surface area contributed by atoms with Crippen molar-refractivity contribution in [2.24, 2.45) is 0 Å². The summed E-state index contributed by atoms with van der Waals surface area (Å²) < 4.78 is 1.80. The van der Waals surface area contributed by atoms with Crippen molar-refractivity contribution in [1.82, 2.24) is 0 Å². The molecule has 2 amide bonds. The number of anilines is 2. The van der Waals surface area contributed by atoms with Gasteiger partial charge in [-0.15, -0.1) is 0 Å². The Labute approximate surface area is 233 Å². The van der Waals surface area contributed by atoms with Crippen molar-refractivity contribution < 1.29 is 9.59 Å². The first kappa shape index (κ1) is 25.1. The molecule has 0 aromatic heterocycles. The van der Waals surface area contributed by atoms with Crippen molar-refractivity contribution in [2.75, 3.05) is 10.6 Å². The number of benzene rings is 4. The molecule has 0 heterocycles. The van der Waals surface area contributed by atoms with Gasteiger partial charge in [0, 0.05) is 16.9 Å². The zero-order chi connectivity index (χ0) is 23.9. The Morgan fingerprint density at radius 3 is 1.29 bits per heavy atom. The molecule has 0 bridgehead atoms. The number of rotatable bonds is 7. The van der Waals surface area contributed by atoms with Crippen LogP contribution in [0.25, 0.3) is 0 Å². The SMILES string of the molecule is O=C(Nc1ccccc1SSc1ccccc1NC(=O)c1ccccc1I)c1ccccc1I. The topological polar surface area (TPSA) is 58.2 Å². The van der Waals surface area contributed by atoms with E-state index in [-0.39, 0.29) is 11.8 Å². The van der Waals surface area contributed by atoms with Gasteiger partial charge in [0.2, 0.25) is 0 Å². The average Bonchev–Trinajstić information content (AvgIpc) is 2.84. The maximum atomic E-state index is 12.8. The van der Waals surface area contributed by atoms with Crippen LogP contribution in [0.4, 0.5) is 11.4 Å². The minimum absolute atomic E-state index is 0.145. The van der Waals surface area contributed by atoms with Gasteiger partial charge in [0.25, 0.3) is 11.8 Å². The van der Waals surface area contributed by atoms with Crippen molar-refractivity contribution in [3.05, 3.63) is 115 Å². The third-order valence-corrected chi connectivity index (χ3v) is 9.09. The van der Waals surface area contributed by atoms with Gasteiger partial charge in [-0.1, -0.05) is 70.1 Å². The van der Waals surface area contributed by atoms with E-state index in [2.05, 4.69) is 55.8 Å². The van der Waals surface area contributed by atoms with Crippen LogP contribution in [-0.2, 0) is 0 Å². The molecule has 0 unspecified atom stereocenters. The molecule has 0 atom stereocenters. The molecule has 0 saturated carbocycles. The lowest BCUT2D eigenvalue weighted by atomic mass is 10.2. The third-order valence-electron chi connectivity index (χ3n) is 4.73. The van der Waals surface area contributed by atoms with E-state index >= 15 is 0 Å². The number of nitrogens with one attached hydrogen (secondary N) is 2. The summed E-state index contributed by atoms with van der Waals surface area (Å²) in [7, 11) is 3.06. The number of hydrogen-bond donors (Lipinski definition) is 2. The highest BCUT2D eigenvalue weighted by atomic mass is 127. The van der Waals surface area contributed by atoms with Gasteiger partial charge in [0.15, 0.2) is 0 Å². The van der Waals surface area contributed by atoms with Crippen molar-refractivity contribution in [2.45, 2.75) is 9.79 Å². The first-order valence-electron chi connectivity index (χ1n) is 10.2. The van der Waals surface area contributed by atoms with Gasteiger partial charge in [-0.2, -0.15) is 0 Å². The highest BCUT2D eigenvalue weighted by Gasteiger charge is 2.15. The first-order chi connectivity index (χ1) is 16.5.